The average molecular weight is 233 g/mol. The summed E-state index contributed by atoms with van der Waals surface area (Å²) in [5.74, 6) is 0.966. The van der Waals surface area contributed by atoms with Crippen LogP contribution in [0.3, 0.4) is 0 Å². The van der Waals surface area contributed by atoms with E-state index in [1.165, 1.54) is 24.8 Å². The molecule has 1 aromatic carbocycles. The predicted octanol–water partition coefficient (Wildman–Crippen LogP) is 3.02. The van der Waals surface area contributed by atoms with Gasteiger partial charge in [-0.05, 0) is 37.3 Å². The molecule has 2 heteroatoms. The van der Waals surface area contributed by atoms with E-state index < -0.39 is 0 Å². The molecule has 2 unspecified atom stereocenters. The normalized spacial score (nSPS) is 19.0. The van der Waals surface area contributed by atoms with Crippen LogP contribution in [0, 0.1) is 5.92 Å². The van der Waals surface area contributed by atoms with Gasteiger partial charge in [-0.15, -0.1) is 0 Å². The standard InChI is InChI=1S/C15H23NO/c1-11(8-13-6-7-13)16-12(2)15-5-3-4-14(9-15)10-17/h3-5,9,11-13,16-17H,6-8,10H2,1-2H3. The molecule has 2 rings (SSSR count). The molecule has 17 heavy (non-hydrogen) atoms. The molecular weight excluding hydrogens is 210 g/mol. The summed E-state index contributed by atoms with van der Waals surface area (Å²) < 4.78 is 0. The Labute approximate surface area is 104 Å². The maximum atomic E-state index is 9.13. The predicted molar refractivity (Wildman–Crippen MR) is 70.7 cm³/mol. The topological polar surface area (TPSA) is 32.3 Å². The largest absolute Gasteiger partial charge is 0.392 e. The molecule has 0 spiro atoms. The summed E-state index contributed by atoms with van der Waals surface area (Å²) in [6, 6.07) is 9.13. The lowest BCUT2D eigenvalue weighted by molar-refractivity contribution is 0.281. The second kappa shape index (κ2) is 5.65. The molecular formula is C15H23NO. The molecule has 0 aromatic heterocycles. The summed E-state index contributed by atoms with van der Waals surface area (Å²) in [4.78, 5) is 0. The van der Waals surface area contributed by atoms with Crippen LogP contribution in [-0.2, 0) is 6.61 Å². The van der Waals surface area contributed by atoms with Crippen LogP contribution in [0.5, 0.6) is 0 Å². The Bertz CT molecular complexity index is 360. The van der Waals surface area contributed by atoms with E-state index in [1.54, 1.807) is 0 Å². The molecule has 94 valence electrons. The van der Waals surface area contributed by atoms with Crippen LogP contribution in [0.4, 0.5) is 0 Å². The van der Waals surface area contributed by atoms with Gasteiger partial charge >= 0.3 is 0 Å². The maximum Gasteiger partial charge on any atom is 0.0681 e. The van der Waals surface area contributed by atoms with Crippen LogP contribution >= 0.6 is 0 Å². The summed E-state index contributed by atoms with van der Waals surface area (Å²) >= 11 is 0. The van der Waals surface area contributed by atoms with Gasteiger partial charge in [-0.1, -0.05) is 37.1 Å². The van der Waals surface area contributed by atoms with Gasteiger partial charge in [-0.2, -0.15) is 0 Å². The fraction of sp³-hybridized carbons (Fsp3) is 0.600. The summed E-state index contributed by atoms with van der Waals surface area (Å²) in [5.41, 5.74) is 2.25. The lowest BCUT2D eigenvalue weighted by Gasteiger charge is -2.20. The van der Waals surface area contributed by atoms with Crippen LogP contribution < -0.4 is 5.32 Å². The Hall–Kier alpha value is -0.860. The SMILES string of the molecule is CC(CC1CC1)NC(C)c1cccc(CO)c1. The van der Waals surface area contributed by atoms with E-state index in [-0.39, 0.29) is 6.61 Å². The van der Waals surface area contributed by atoms with Crippen molar-refractivity contribution < 1.29 is 5.11 Å². The van der Waals surface area contributed by atoms with Crippen molar-refractivity contribution in [2.24, 2.45) is 5.92 Å². The molecule has 0 amide bonds. The van der Waals surface area contributed by atoms with Crippen molar-refractivity contribution in [1.29, 1.82) is 0 Å². The third-order valence-corrected chi connectivity index (χ3v) is 3.55. The van der Waals surface area contributed by atoms with Crippen molar-refractivity contribution in [1.82, 2.24) is 5.32 Å². The maximum absolute atomic E-state index is 9.13. The van der Waals surface area contributed by atoms with Gasteiger partial charge in [0.05, 0.1) is 6.61 Å². The van der Waals surface area contributed by atoms with E-state index in [1.807, 2.05) is 12.1 Å². The molecule has 1 aliphatic rings. The fourth-order valence-corrected chi connectivity index (χ4v) is 2.41. The van der Waals surface area contributed by atoms with Gasteiger partial charge in [0.2, 0.25) is 0 Å². The van der Waals surface area contributed by atoms with Gasteiger partial charge in [-0.25, -0.2) is 0 Å². The van der Waals surface area contributed by atoms with Gasteiger partial charge in [0.1, 0.15) is 0 Å². The molecule has 0 radical (unpaired) electrons. The Kier molecular flexibility index (Phi) is 4.19. The Morgan fingerprint density at radius 1 is 1.35 bits per heavy atom. The monoisotopic (exact) mass is 233 g/mol. The van der Waals surface area contributed by atoms with E-state index in [0.29, 0.717) is 12.1 Å². The Morgan fingerprint density at radius 2 is 2.12 bits per heavy atom. The van der Waals surface area contributed by atoms with Crippen molar-refractivity contribution in [3.05, 3.63) is 35.4 Å². The number of hydrogen-bond donors (Lipinski definition) is 2. The van der Waals surface area contributed by atoms with Gasteiger partial charge < -0.3 is 10.4 Å². The summed E-state index contributed by atoms with van der Waals surface area (Å²) in [6.45, 7) is 4.59. The second-order valence-corrected chi connectivity index (χ2v) is 5.37. The first-order chi connectivity index (χ1) is 8.19. The molecule has 0 heterocycles. The molecule has 0 aliphatic heterocycles. The minimum atomic E-state index is 0.123. The molecule has 0 saturated heterocycles. The first kappa shape index (κ1) is 12.6. The average Bonchev–Trinajstić information content (AvgIpc) is 3.12. The minimum absolute atomic E-state index is 0.123. The highest BCUT2D eigenvalue weighted by Gasteiger charge is 2.24. The number of nitrogens with one attached hydrogen (secondary N) is 1. The zero-order valence-electron chi connectivity index (χ0n) is 10.8. The van der Waals surface area contributed by atoms with Crippen LogP contribution in [0.25, 0.3) is 0 Å². The minimum Gasteiger partial charge on any atom is -0.392 e. The number of aliphatic hydroxyl groups is 1. The first-order valence-electron chi connectivity index (χ1n) is 6.64. The fourth-order valence-electron chi connectivity index (χ4n) is 2.41. The second-order valence-electron chi connectivity index (χ2n) is 5.37. The quantitative estimate of drug-likeness (QED) is 0.791. The van der Waals surface area contributed by atoms with Gasteiger partial charge in [0, 0.05) is 12.1 Å². The lowest BCUT2D eigenvalue weighted by Crippen LogP contribution is -2.29. The van der Waals surface area contributed by atoms with Crippen LogP contribution in [0.1, 0.15) is 50.3 Å². The Balaban J connectivity index is 1.90. The van der Waals surface area contributed by atoms with Crippen molar-refractivity contribution in [2.45, 2.75) is 51.8 Å². The smallest absolute Gasteiger partial charge is 0.0681 e. The summed E-state index contributed by atoms with van der Waals surface area (Å²) in [7, 11) is 0. The van der Waals surface area contributed by atoms with Gasteiger partial charge in [-0.3, -0.25) is 0 Å². The highest BCUT2D eigenvalue weighted by atomic mass is 16.3. The third kappa shape index (κ3) is 3.83. The van der Waals surface area contributed by atoms with Crippen molar-refractivity contribution in [3.8, 4) is 0 Å². The van der Waals surface area contributed by atoms with Crippen LogP contribution in [0.2, 0.25) is 0 Å². The number of hydrogen-bond acceptors (Lipinski definition) is 2. The highest BCUT2D eigenvalue weighted by molar-refractivity contribution is 5.25. The van der Waals surface area contributed by atoms with Crippen molar-refractivity contribution >= 4 is 0 Å². The van der Waals surface area contributed by atoms with Gasteiger partial charge in [0.25, 0.3) is 0 Å². The van der Waals surface area contributed by atoms with Crippen molar-refractivity contribution in [2.75, 3.05) is 0 Å². The Morgan fingerprint density at radius 3 is 2.76 bits per heavy atom. The van der Waals surface area contributed by atoms with E-state index in [4.69, 9.17) is 5.11 Å². The van der Waals surface area contributed by atoms with E-state index in [0.717, 1.165) is 11.5 Å². The zero-order chi connectivity index (χ0) is 12.3. The first-order valence-corrected chi connectivity index (χ1v) is 6.64. The number of benzene rings is 1. The van der Waals surface area contributed by atoms with Crippen LogP contribution in [-0.4, -0.2) is 11.1 Å². The summed E-state index contributed by atoms with van der Waals surface area (Å²) in [5, 5.41) is 12.8. The third-order valence-electron chi connectivity index (χ3n) is 3.55. The zero-order valence-corrected chi connectivity index (χ0v) is 10.8. The van der Waals surface area contributed by atoms with Gasteiger partial charge in [0.15, 0.2) is 0 Å². The van der Waals surface area contributed by atoms with E-state index in [2.05, 4.69) is 31.3 Å². The van der Waals surface area contributed by atoms with E-state index in [9.17, 15) is 0 Å². The molecule has 0 bridgehead atoms. The molecule has 1 aliphatic carbocycles. The molecule has 2 N–H and O–H groups in total. The molecule has 1 saturated carbocycles. The number of aliphatic hydroxyl groups excluding tert-OH is 1. The number of rotatable bonds is 6. The lowest BCUT2D eigenvalue weighted by atomic mass is 10.0. The molecule has 1 fully saturated rings. The van der Waals surface area contributed by atoms with E-state index >= 15 is 0 Å². The van der Waals surface area contributed by atoms with Crippen LogP contribution in [0.15, 0.2) is 24.3 Å². The molecule has 2 nitrogen and oxygen atoms in total. The van der Waals surface area contributed by atoms with Crippen molar-refractivity contribution in [3.63, 3.8) is 0 Å². The summed E-state index contributed by atoms with van der Waals surface area (Å²) in [6.07, 6.45) is 4.13. The molecule has 1 aromatic rings. The highest BCUT2D eigenvalue weighted by Crippen LogP contribution is 2.33. The molecule has 2 atom stereocenters.